The van der Waals surface area contributed by atoms with Crippen molar-refractivity contribution in [3.8, 4) is 22.5 Å². The second kappa shape index (κ2) is 14.2. The number of rotatable bonds is 5. The molecular formula is C38H39FGeIrN2S-2. The Morgan fingerprint density at radius 2 is 1.68 bits per heavy atom. The number of thiophene rings is 1. The maximum Gasteiger partial charge on any atom is 0 e. The molecule has 0 saturated carbocycles. The van der Waals surface area contributed by atoms with Crippen molar-refractivity contribution in [2.45, 2.75) is 63.6 Å². The Kier molecular flexibility index (Phi) is 8.88. The molecule has 0 saturated heterocycles. The molecule has 6 aromatic rings. The van der Waals surface area contributed by atoms with Crippen LogP contribution in [0.3, 0.4) is 0 Å². The summed E-state index contributed by atoms with van der Waals surface area (Å²) in [6.45, 7) is 5.38. The van der Waals surface area contributed by atoms with Gasteiger partial charge in [0.2, 0.25) is 0 Å². The Hall–Kier alpha value is -2.70. The van der Waals surface area contributed by atoms with Crippen molar-refractivity contribution < 1.29 is 31.3 Å². The number of hydrogen-bond acceptors (Lipinski definition) is 3. The first kappa shape index (κ1) is 27.6. The van der Waals surface area contributed by atoms with Gasteiger partial charge in [-0.3, -0.25) is 0 Å². The monoisotopic (exact) mass is 846 g/mol. The van der Waals surface area contributed by atoms with Gasteiger partial charge in [-0.25, -0.2) is 4.39 Å². The van der Waals surface area contributed by atoms with Crippen LogP contribution in [0.25, 0.3) is 42.7 Å². The van der Waals surface area contributed by atoms with Crippen LogP contribution in [-0.2, 0) is 20.1 Å². The number of hydrogen-bond donors (Lipinski definition) is 0. The molecule has 3 heterocycles. The van der Waals surface area contributed by atoms with E-state index in [1.54, 1.807) is 35.7 Å². The van der Waals surface area contributed by atoms with E-state index in [1.807, 2.05) is 70.3 Å². The summed E-state index contributed by atoms with van der Waals surface area (Å²) in [5.41, 5.74) is 5.37. The zero-order valence-electron chi connectivity index (χ0n) is 31.0. The fraction of sp³-hybridized carbons (Fsp3) is 0.263. The van der Waals surface area contributed by atoms with Gasteiger partial charge in [-0.2, -0.15) is 11.3 Å². The number of halogens is 1. The second-order valence-electron chi connectivity index (χ2n) is 12.1. The van der Waals surface area contributed by atoms with Crippen LogP contribution in [0.4, 0.5) is 4.39 Å². The van der Waals surface area contributed by atoms with E-state index in [0.29, 0.717) is 0 Å². The molecule has 0 aliphatic carbocycles. The molecule has 3 aromatic heterocycles. The number of aromatic nitrogens is 2. The van der Waals surface area contributed by atoms with Gasteiger partial charge < -0.3 is 4.98 Å². The average molecular weight is 845 g/mol. The van der Waals surface area contributed by atoms with Crippen LogP contribution in [0, 0.1) is 24.8 Å². The van der Waals surface area contributed by atoms with Gasteiger partial charge in [0.25, 0.3) is 0 Å². The summed E-state index contributed by atoms with van der Waals surface area (Å²) >= 11 is -0.588. The molecule has 1 radical (unpaired) electrons. The Bertz CT molecular complexity index is 2090. The normalized spacial score (nSPS) is 14.0. The third-order valence-electron chi connectivity index (χ3n) is 7.33. The zero-order chi connectivity index (χ0) is 35.2. The molecule has 6 heteroatoms. The summed E-state index contributed by atoms with van der Waals surface area (Å²) in [6, 6.07) is 25.7. The van der Waals surface area contributed by atoms with Gasteiger partial charge in [-0.15, -0.1) is 23.8 Å². The quantitative estimate of drug-likeness (QED) is 0.128. The van der Waals surface area contributed by atoms with E-state index in [9.17, 15) is 4.39 Å². The maximum atomic E-state index is 13.5. The van der Waals surface area contributed by atoms with Crippen LogP contribution in [0.1, 0.15) is 63.0 Å². The van der Waals surface area contributed by atoms with Crippen LogP contribution < -0.4 is 4.40 Å². The molecule has 0 aliphatic rings. The Labute approximate surface area is 288 Å². The fourth-order valence-electron chi connectivity index (χ4n) is 4.98. The van der Waals surface area contributed by atoms with Gasteiger partial charge in [-0.05, 0) is 39.9 Å². The van der Waals surface area contributed by atoms with Crippen LogP contribution in [-0.4, -0.2) is 23.2 Å². The molecule has 6 rings (SSSR count). The summed E-state index contributed by atoms with van der Waals surface area (Å²) in [6.07, 6.45) is 3.65. The van der Waals surface area contributed by atoms with Crippen molar-refractivity contribution in [3.05, 3.63) is 114 Å². The largest absolute Gasteiger partial charge is 0 e. The van der Waals surface area contributed by atoms with Gasteiger partial charge >= 0.3 is 131 Å². The van der Waals surface area contributed by atoms with Crippen molar-refractivity contribution in [2.24, 2.45) is 0 Å². The van der Waals surface area contributed by atoms with Crippen LogP contribution in [0.15, 0.2) is 79.1 Å². The molecule has 0 N–H and O–H groups in total. The number of aryl methyl sites for hydroxylation is 1. The minimum absolute atomic E-state index is 0. The minimum atomic E-state index is -2.14. The molecule has 0 amide bonds. The van der Waals surface area contributed by atoms with E-state index in [0.717, 1.165) is 53.8 Å². The smallest absolute Gasteiger partial charge is 0 e. The number of benzene rings is 3. The third kappa shape index (κ3) is 7.57. The maximum absolute atomic E-state index is 13.5. The van der Waals surface area contributed by atoms with E-state index in [-0.39, 0.29) is 31.5 Å². The van der Waals surface area contributed by atoms with Crippen molar-refractivity contribution in [3.63, 3.8) is 0 Å². The summed E-state index contributed by atoms with van der Waals surface area (Å²) < 4.78 is 55.8. The van der Waals surface area contributed by atoms with Crippen molar-refractivity contribution in [1.29, 1.82) is 0 Å². The summed E-state index contributed by atoms with van der Waals surface area (Å²) in [7, 11) is 0. The van der Waals surface area contributed by atoms with Crippen molar-refractivity contribution in [1.82, 2.24) is 9.97 Å². The molecule has 0 spiro atoms. The first-order valence-corrected chi connectivity index (χ1v) is 22.4. The van der Waals surface area contributed by atoms with Gasteiger partial charge in [-0.1, -0.05) is 36.9 Å². The summed E-state index contributed by atoms with van der Waals surface area (Å²) in [5, 5.41) is 2.13. The molecule has 0 fully saturated rings. The number of fused-ring (bicyclic) bond motifs is 3. The molecule has 0 atom stereocenters. The molecule has 44 heavy (non-hydrogen) atoms. The SMILES string of the molecule is [2H]C(C)(C)c1ccnc(-c2[c-]ccc3c2sc2cc(F)ccc23)c1.[2H]C([2H])([2H])c1c[c-]c(-c2cc(C([2H])(C)C)[c]([Ge]([CH3])([CH3])[CH3])cn2)cc1.[Ir]. The van der Waals surface area contributed by atoms with Crippen LogP contribution in [0.2, 0.25) is 17.3 Å². The standard InChI is InChI=1S/C20H15FNS.C18H24GeN.Ir/c1-12(2)13-8-9-22-18(10-13)17-5-3-4-16-15-7-6-14(21)11-19(15)23-20(16)17;1-13(2)16-11-18(15-9-7-14(3)8-10-15)20-12-17(16)19(4,5)6;/h3-4,6-12H,1-2H3;7-9,11-13H,1-6H3;/q2*-1;/i12D;3D3,13D;. The third-order valence-corrected chi connectivity index (χ3v) is 12.7. The van der Waals surface area contributed by atoms with Gasteiger partial charge in [0.05, 0.1) is 0 Å². The molecular weight excluding hydrogens is 800 g/mol. The summed E-state index contributed by atoms with van der Waals surface area (Å²) in [5.74, 6) is 5.27. The topological polar surface area (TPSA) is 25.8 Å². The van der Waals surface area contributed by atoms with E-state index >= 15 is 0 Å². The fourth-order valence-corrected chi connectivity index (χ4v) is 9.53. The predicted octanol–water partition coefficient (Wildman–Crippen LogP) is 10.7. The molecule has 2 nitrogen and oxygen atoms in total. The number of pyridine rings is 2. The van der Waals surface area contributed by atoms with E-state index in [1.165, 1.54) is 16.5 Å². The summed E-state index contributed by atoms with van der Waals surface area (Å²) in [4.78, 5) is 9.05. The van der Waals surface area contributed by atoms with Gasteiger partial charge in [0.1, 0.15) is 5.82 Å². The van der Waals surface area contributed by atoms with Gasteiger partial charge in [0, 0.05) is 32.4 Å². The first-order chi connectivity index (χ1) is 22.2. The molecule has 0 aliphatic heterocycles. The molecule has 0 unspecified atom stereocenters. The second-order valence-corrected chi connectivity index (χ2v) is 23.7. The predicted molar refractivity (Wildman–Crippen MR) is 186 cm³/mol. The number of nitrogens with zero attached hydrogens (tertiary/aromatic N) is 2. The van der Waals surface area contributed by atoms with E-state index < -0.39 is 31.9 Å². The van der Waals surface area contributed by atoms with Crippen molar-refractivity contribution >= 4 is 49.2 Å². The Morgan fingerprint density at radius 1 is 0.886 bits per heavy atom. The minimum Gasteiger partial charge on any atom is 0 e. The zero-order valence-corrected chi connectivity index (χ0v) is 31.3. The molecule has 3 aromatic carbocycles. The van der Waals surface area contributed by atoms with Crippen LogP contribution in [0.5, 0.6) is 0 Å². The van der Waals surface area contributed by atoms with E-state index in [4.69, 9.17) is 6.85 Å². The molecule has 229 valence electrons. The molecule has 0 bridgehead atoms. The van der Waals surface area contributed by atoms with Crippen LogP contribution >= 0.6 is 11.3 Å². The Morgan fingerprint density at radius 3 is 2.34 bits per heavy atom. The van der Waals surface area contributed by atoms with Gasteiger partial charge in [0.15, 0.2) is 0 Å². The Balaban J connectivity index is 0.000000216. The first-order valence-electron chi connectivity index (χ1n) is 16.8. The average Bonchev–Trinajstić information content (AvgIpc) is 3.37. The van der Waals surface area contributed by atoms with E-state index in [2.05, 4.69) is 39.4 Å². The van der Waals surface area contributed by atoms with Crippen molar-refractivity contribution in [2.75, 3.05) is 0 Å².